The number of hydrogen-bond acceptors (Lipinski definition) is 0. The fourth-order valence-electron chi connectivity index (χ4n) is 0.665. The van der Waals surface area contributed by atoms with E-state index in [1.165, 1.54) is 5.19 Å². The molecule has 0 radical (unpaired) electrons. The van der Waals surface area contributed by atoms with Crippen molar-refractivity contribution < 1.29 is 0 Å². The Kier molecular flexibility index (Phi) is 3.84. The molecule has 11 heavy (non-hydrogen) atoms. The summed E-state index contributed by atoms with van der Waals surface area (Å²) in [5.74, 6) is 0. The number of rotatable bonds is 1. The number of benzene rings is 1. The van der Waals surface area contributed by atoms with E-state index in [-0.39, 0.29) is 0 Å². The Morgan fingerprint density at radius 2 is 1.73 bits per heavy atom. The van der Waals surface area contributed by atoms with Crippen molar-refractivity contribution in [3.8, 4) is 0 Å². The van der Waals surface area contributed by atoms with Crippen molar-refractivity contribution >= 4 is 70.9 Å². The molecule has 0 heterocycles. The number of hydrogen-bond donors (Lipinski definition) is 0. The largest absolute Gasteiger partial charge is 0.297 e. The second-order valence-corrected chi connectivity index (χ2v) is 24.8. The van der Waals surface area contributed by atoms with Crippen molar-refractivity contribution in [2.75, 3.05) is 0 Å². The van der Waals surface area contributed by atoms with Crippen LogP contribution in [0.5, 0.6) is 0 Å². The molecular formula is C6H4Br4Si. The van der Waals surface area contributed by atoms with E-state index in [1.807, 2.05) is 12.1 Å². The average Bonchev–Trinajstić information content (AvgIpc) is 1.86. The van der Waals surface area contributed by atoms with E-state index in [9.17, 15) is 0 Å². The predicted molar refractivity (Wildman–Crippen MR) is 66.3 cm³/mol. The summed E-state index contributed by atoms with van der Waals surface area (Å²) in [6.45, 7) is 0. The van der Waals surface area contributed by atoms with Crippen molar-refractivity contribution in [1.29, 1.82) is 0 Å². The van der Waals surface area contributed by atoms with Gasteiger partial charge in [-0.05, 0) is 17.3 Å². The summed E-state index contributed by atoms with van der Waals surface area (Å²) >= 11 is 14.1. The maximum absolute atomic E-state index is 3.57. The molecule has 0 fully saturated rings. The quantitative estimate of drug-likeness (QED) is 0.476. The zero-order valence-electron chi connectivity index (χ0n) is 5.32. The highest BCUT2D eigenvalue weighted by atomic mass is 80.0. The van der Waals surface area contributed by atoms with Crippen molar-refractivity contribution in [3.05, 3.63) is 28.7 Å². The molecule has 0 aliphatic heterocycles. The first kappa shape index (κ1) is 10.4. The molecule has 0 aliphatic carbocycles. The van der Waals surface area contributed by atoms with Crippen LogP contribution in [0, 0.1) is 0 Å². The van der Waals surface area contributed by atoms with E-state index in [4.69, 9.17) is 0 Å². The predicted octanol–water partition coefficient (Wildman–Crippen LogP) is 3.78. The zero-order chi connectivity index (χ0) is 8.48. The minimum absolute atomic E-state index is 1.10. The molecule has 0 N–H and O–H groups in total. The topological polar surface area (TPSA) is 0 Å². The summed E-state index contributed by atoms with van der Waals surface area (Å²) in [4.78, 5) is 0. The van der Waals surface area contributed by atoms with Crippen molar-refractivity contribution in [1.82, 2.24) is 0 Å². The zero-order valence-corrected chi connectivity index (χ0v) is 12.7. The summed E-state index contributed by atoms with van der Waals surface area (Å²) in [6.07, 6.45) is 0. The lowest BCUT2D eigenvalue weighted by atomic mass is 10.4. The van der Waals surface area contributed by atoms with E-state index in [1.54, 1.807) is 0 Å². The third-order valence-electron chi connectivity index (χ3n) is 1.15. The third-order valence-corrected chi connectivity index (χ3v) is 6.73. The second-order valence-electron chi connectivity index (χ2n) is 2.01. The molecule has 1 rings (SSSR count). The van der Waals surface area contributed by atoms with E-state index in [2.05, 4.69) is 73.9 Å². The Hall–Kier alpha value is 1.36. The summed E-state index contributed by atoms with van der Waals surface area (Å²) in [5.41, 5.74) is 0. The Morgan fingerprint density at radius 3 is 2.09 bits per heavy atom. The Bertz CT molecular complexity index is 255. The van der Waals surface area contributed by atoms with Gasteiger partial charge < -0.3 is 0 Å². The van der Waals surface area contributed by atoms with Gasteiger partial charge in [-0.25, -0.2) is 0 Å². The third kappa shape index (κ3) is 3.30. The SMILES string of the molecule is Brc1cccc([Si](Br)(Br)Br)c1. The van der Waals surface area contributed by atoms with Gasteiger partial charge in [-0.15, -0.1) is 0 Å². The fourth-order valence-corrected chi connectivity index (χ4v) is 4.10. The molecule has 0 unspecified atom stereocenters. The van der Waals surface area contributed by atoms with Gasteiger partial charge in [0.05, 0.1) is 0 Å². The first-order valence-corrected chi connectivity index (χ1v) is 12.4. The van der Waals surface area contributed by atoms with Crippen LogP contribution in [0.1, 0.15) is 0 Å². The van der Waals surface area contributed by atoms with Gasteiger partial charge in [-0.1, -0.05) is 73.9 Å². The first-order chi connectivity index (χ1) is 5.00. The van der Waals surface area contributed by atoms with Crippen molar-refractivity contribution in [2.24, 2.45) is 0 Å². The van der Waals surface area contributed by atoms with Crippen molar-refractivity contribution in [2.45, 2.75) is 0 Å². The molecule has 1 aromatic rings. The minimum Gasteiger partial charge on any atom is -0.0910 e. The normalized spacial score (nSPS) is 11.6. The standard InChI is InChI=1S/C6H4Br4Si/c7-5-2-1-3-6(4-5)11(8,9)10/h1-4H. The monoisotopic (exact) mass is 420 g/mol. The second kappa shape index (κ2) is 4.04. The highest BCUT2D eigenvalue weighted by Gasteiger charge is 2.24. The highest BCUT2D eigenvalue weighted by Crippen LogP contribution is 2.27. The lowest BCUT2D eigenvalue weighted by Crippen LogP contribution is -2.27. The van der Waals surface area contributed by atoms with Gasteiger partial charge in [0, 0.05) is 4.47 Å². The van der Waals surface area contributed by atoms with E-state index < -0.39 is 3.93 Å². The minimum atomic E-state index is -1.66. The molecular weight excluding hydrogens is 420 g/mol. The lowest BCUT2D eigenvalue weighted by Gasteiger charge is -2.08. The maximum Gasteiger partial charge on any atom is 0.297 e. The van der Waals surface area contributed by atoms with Crippen LogP contribution >= 0.6 is 61.8 Å². The lowest BCUT2D eigenvalue weighted by molar-refractivity contribution is 1.70. The maximum atomic E-state index is 3.57. The van der Waals surface area contributed by atoms with Crippen LogP contribution in [-0.4, -0.2) is 3.93 Å². The molecule has 0 atom stereocenters. The Balaban J connectivity index is 3.06. The molecule has 60 valence electrons. The van der Waals surface area contributed by atoms with E-state index >= 15 is 0 Å². The molecule has 1 aromatic carbocycles. The van der Waals surface area contributed by atoms with Gasteiger partial charge in [0.25, 0.3) is 3.93 Å². The molecule has 0 saturated carbocycles. The summed E-state index contributed by atoms with van der Waals surface area (Å²) in [7, 11) is 0. The molecule has 0 bridgehead atoms. The highest BCUT2D eigenvalue weighted by molar-refractivity contribution is 9.72. The Morgan fingerprint density at radius 1 is 1.09 bits per heavy atom. The van der Waals surface area contributed by atoms with Crippen LogP contribution in [0.4, 0.5) is 0 Å². The molecule has 0 aliphatic rings. The van der Waals surface area contributed by atoms with E-state index in [0.717, 1.165) is 4.47 Å². The summed E-state index contributed by atoms with van der Waals surface area (Å²) < 4.78 is -0.555. The molecule has 0 saturated heterocycles. The Labute approximate surface area is 98.6 Å². The van der Waals surface area contributed by atoms with Crippen LogP contribution in [0.3, 0.4) is 0 Å². The fraction of sp³-hybridized carbons (Fsp3) is 0. The first-order valence-electron chi connectivity index (χ1n) is 2.83. The van der Waals surface area contributed by atoms with Crippen LogP contribution in [0.15, 0.2) is 28.7 Å². The smallest absolute Gasteiger partial charge is 0.0910 e. The van der Waals surface area contributed by atoms with E-state index in [0.29, 0.717) is 0 Å². The molecule has 0 aromatic heterocycles. The average molecular weight is 424 g/mol. The van der Waals surface area contributed by atoms with Gasteiger partial charge in [0.2, 0.25) is 0 Å². The van der Waals surface area contributed by atoms with Gasteiger partial charge in [0.15, 0.2) is 0 Å². The van der Waals surface area contributed by atoms with Gasteiger partial charge in [0.1, 0.15) is 0 Å². The van der Waals surface area contributed by atoms with Crippen LogP contribution in [0.2, 0.25) is 0 Å². The van der Waals surface area contributed by atoms with Gasteiger partial charge in [-0.3, -0.25) is 0 Å². The van der Waals surface area contributed by atoms with Crippen LogP contribution < -0.4 is 5.19 Å². The molecule has 0 spiro atoms. The number of halogens is 4. The molecule has 5 heteroatoms. The van der Waals surface area contributed by atoms with Crippen LogP contribution in [0.25, 0.3) is 0 Å². The molecule has 0 nitrogen and oxygen atoms in total. The summed E-state index contributed by atoms with van der Waals surface area (Å²) in [6, 6.07) is 8.20. The van der Waals surface area contributed by atoms with Gasteiger partial charge >= 0.3 is 0 Å². The van der Waals surface area contributed by atoms with Crippen molar-refractivity contribution in [3.63, 3.8) is 0 Å². The molecule has 0 amide bonds. The van der Waals surface area contributed by atoms with Gasteiger partial charge in [-0.2, -0.15) is 0 Å². The summed E-state index contributed by atoms with van der Waals surface area (Å²) in [5, 5.41) is 1.26. The van der Waals surface area contributed by atoms with Crippen LogP contribution in [-0.2, 0) is 0 Å².